The van der Waals surface area contributed by atoms with Crippen LogP contribution in [0.15, 0.2) is 65.8 Å². The van der Waals surface area contributed by atoms with Crippen molar-refractivity contribution in [2.24, 2.45) is 5.10 Å². The summed E-state index contributed by atoms with van der Waals surface area (Å²) in [6.45, 7) is 0. The van der Waals surface area contributed by atoms with Crippen LogP contribution in [-0.4, -0.2) is 18.0 Å². The fourth-order valence-corrected chi connectivity index (χ4v) is 1.75. The van der Waals surface area contributed by atoms with E-state index >= 15 is 0 Å². The Labute approximate surface area is 129 Å². The largest absolute Gasteiger partial charge is 0.326 e. The molecule has 2 N–H and O–H groups in total. The molecule has 0 saturated carbocycles. The summed E-state index contributed by atoms with van der Waals surface area (Å²) in [5.74, 6) is -0.496. The first kappa shape index (κ1) is 15.4. The summed E-state index contributed by atoms with van der Waals surface area (Å²) in [7, 11) is 0. The Kier molecular flexibility index (Phi) is 5.87. The van der Waals surface area contributed by atoms with Crippen molar-refractivity contribution in [2.75, 3.05) is 5.32 Å². The maximum Gasteiger partial charge on any atom is 0.240 e. The number of nitrogens with one attached hydrogen (secondary N) is 2. The van der Waals surface area contributed by atoms with E-state index in [1.165, 1.54) is 0 Å². The first-order chi connectivity index (χ1) is 10.7. The van der Waals surface area contributed by atoms with Crippen molar-refractivity contribution in [1.82, 2.24) is 5.43 Å². The van der Waals surface area contributed by atoms with Crippen LogP contribution in [0.5, 0.6) is 0 Å². The second-order valence-electron chi connectivity index (χ2n) is 4.62. The van der Waals surface area contributed by atoms with Crippen LogP contribution >= 0.6 is 0 Å². The Morgan fingerprint density at radius 3 is 2.14 bits per heavy atom. The molecule has 5 nitrogen and oxygen atoms in total. The lowest BCUT2D eigenvalue weighted by atomic mass is 10.2. The standard InChI is InChI=1S/C17H17N3O2/c21-16(19-15-9-5-2-6-10-15)11-12-17(22)20-18-13-14-7-3-1-4-8-14/h1-10,13H,11-12H2,(H,19,21)(H,20,22). The monoisotopic (exact) mass is 295 g/mol. The molecule has 0 fully saturated rings. The zero-order valence-corrected chi connectivity index (χ0v) is 12.0. The molecule has 2 aromatic rings. The van der Waals surface area contributed by atoms with E-state index in [-0.39, 0.29) is 24.7 Å². The topological polar surface area (TPSA) is 70.6 Å². The molecule has 0 aliphatic carbocycles. The average Bonchev–Trinajstić information content (AvgIpc) is 2.55. The minimum atomic E-state index is -0.296. The molecular formula is C17H17N3O2. The van der Waals surface area contributed by atoms with Crippen molar-refractivity contribution in [1.29, 1.82) is 0 Å². The molecule has 2 amide bonds. The molecule has 0 atom stereocenters. The molecule has 0 heterocycles. The zero-order chi connectivity index (χ0) is 15.6. The van der Waals surface area contributed by atoms with E-state index in [1.54, 1.807) is 18.3 Å². The van der Waals surface area contributed by atoms with Crippen LogP contribution in [0.25, 0.3) is 0 Å². The number of rotatable bonds is 6. The number of benzene rings is 2. The molecule has 2 rings (SSSR count). The van der Waals surface area contributed by atoms with Crippen molar-refractivity contribution >= 4 is 23.7 Å². The molecule has 0 spiro atoms. The molecular weight excluding hydrogens is 278 g/mol. The summed E-state index contributed by atoms with van der Waals surface area (Å²) in [4.78, 5) is 23.3. The Bertz CT molecular complexity index is 639. The SMILES string of the molecule is O=C(CCC(=O)Nc1ccccc1)NN=Cc1ccccc1. The third kappa shape index (κ3) is 5.58. The Morgan fingerprint density at radius 2 is 1.45 bits per heavy atom. The molecule has 0 unspecified atom stereocenters. The number of nitrogens with zero attached hydrogens (tertiary/aromatic N) is 1. The lowest BCUT2D eigenvalue weighted by molar-refractivity contribution is -0.124. The summed E-state index contributed by atoms with van der Waals surface area (Å²) >= 11 is 0. The summed E-state index contributed by atoms with van der Waals surface area (Å²) in [5.41, 5.74) is 4.01. The van der Waals surface area contributed by atoms with Gasteiger partial charge in [-0.25, -0.2) is 5.43 Å². The van der Waals surface area contributed by atoms with E-state index in [2.05, 4.69) is 15.8 Å². The van der Waals surface area contributed by atoms with Gasteiger partial charge in [-0.3, -0.25) is 9.59 Å². The van der Waals surface area contributed by atoms with E-state index in [0.717, 1.165) is 11.3 Å². The molecule has 0 aliphatic heterocycles. The van der Waals surface area contributed by atoms with Gasteiger partial charge in [0, 0.05) is 18.5 Å². The van der Waals surface area contributed by atoms with Gasteiger partial charge < -0.3 is 5.32 Å². The quantitative estimate of drug-likeness (QED) is 0.635. The number of hydrogen-bond donors (Lipinski definition) is 2. The minimum Gasteiger partial charge on any atom is -0.326 e. The van der Waals surface area contributed by atoms with Gasteiger partial charge in [-0.1, -0.05) is 48.5 Å². The van der Waals surface area contributed by atoms with E-state index in [0.29, 0.717) is 0 Å². The Balaban J connectivity index is 1.69. The lowest BCUT2D eigenvalue weighted by Gasteiger charge is -2.04. The van der Waals surface area contributed by atoms with Crippen LogP contribution in [0.1, 0.15) is 18.4 Å². The van der Waals surface area contributed by atoms with E-state index in [1.807, 2.05) is 48.5 Å². The first-order valence-corrected chi connectivity index (χ1v) is 6.96. The summed E-state index contributed by atoms with van der Waals surface area (Å²) in [6.07, 6.45) is 1.76. The highest BCUT2D eigenvalue weighted by molar-refractivity contribution is 5.93. The van der Waals surface area contributed by atoms with E-state index in [9.17, 15) is 9.59 Å². The highest BCUT2D eigenvalue weighted by Gasteiger charge is 2.06. The van der Waals surface area contributed by atoms with Gasteiger partial charge in [-0.15, -0.1) is 0 Å². The summed E-state index contributed by atoms with van der Waals surface area (Å²) in [5, 5.41) is 6.57. The smallest absolute Gasteiger partial charge is 0.240 e. The number of hydrazone groups is 1. The van der Waals surface area contributed by atoms with Crippen molar-refractivity contribution < 1.29 is 9.59 Å². The normalized spacial score (nSPS) is 10.4. The van der Waals surface area contributed by atoms with Gasteiger partial charge in [0.1, 0.15) is 0 Å². The van der Waals surface area contributed by atoms with Crippen LogP contribution in [-0.2, 0) is 9.59 Å². The molecule has 112 valence electrons. The van der Waals surface area contributed by atoms with Crippen LogP contribution in [0, 0.1) is 0 Å². The van der Waals surface area contributed by atoms with Crippen molar-refractivity contribution in [3.05, 3.63) is 66.2 Å². The van der Waals surface area contributed by atoms with E-state index < -0.39 is 0 Å². The van der Waals surface area contributed by atoms with Gasteiger partial charge in [0.2, 0.25) is 11.8 Å². The van der Waals surface area contributed by atoms with Gasteiger partial charge in [-0.05, 0) is 17.7 Å². The van der Waals surface area contributed by atoms with Crippen molar-refractivity contribution in [3.8, 4) is 0 Å². The fourth-order valence-electron chi connectivity index (χ4n) is 1.75. The number of amides is 2. The van der Waals surface area contributed by atoms with E-state index in [4.69, 9.17) is 0 Å². The Morgan fingerprint density at radius 1 is 0.864 bits per heavy atom. The van der Waals surface area contributed by atoms with Crippen LogP contribution in [0.3, 0.4) is 0 Å². The highest BCUT2D eigenvalue weighted by atomic mass is 16.2. The second-order valence-corrected chi connectivity index (χ2v) is 4.62. The average molecular weight is 295 g/mol. The second kappa shape index (κ2) is 8.36. The molecule has 0 aromatic heterocycles. The van der Waals surface area contributed by atoms with Gasteiger partial charge in [-0.2, -0.15) is 5.10 Å². The molecule has 0 saturated heterocycles. The van der Waals surface area contributed by atoms with Crippen LogP contribution in [0.2, 0.25) is 0 Å². The molecule has 22 heavy (non-hydrogen) atoms. The maximum absolute atomic E-state index is 11.7. The molecule has 0 radical (unpaired) electrons. The molecule has 0 bridgehead atoms. The van der Waals surface area contributed by atoms with Gasteiger partial charge in [0.05, 0.1) is 6.21 Å². The number of anilines is 1. The molecule has 0 aliphatic rings. The van der Waals surface area contributed by atoms with Crippen LogP contribution in [0.4, 0.5) is 5.69 Å². The summed E-state index contributed by atoms with van der Waals surface area (Å²) in [6, 6.07) is 18.6. The van der Waals surface area contributed by atoms with Crippen molar-refractivity contribution in [3.63, 3.8) is 0 Å². The van der Waals surface area contributed by atoms with Gasteiger partial charge >= 0.3 is 0 Å². The fraction of sp³-hybridized carbons (Fsp3) is 0.118. The minimum absolute atomic E-state index is 0.0881. The predicted octanol–water partition coefficient (Wildman–Crippen LogP) is 2.56. The third-order valence-corrected chi connectivity index (χ3v) is 2.84. The molecule has 5 heteroatoms. The summed E-state index contributed by atoms with van der Waals surface area (Å²) < 4.78 is 0. The number of para-hydroxylation sites is 1. The van der Waals surface area contributed by atoms with Gasteiger partial charge in [0.15, 0.2) is 0 Å². The zero-order valence-electron chi connectivity index (χ0n) is 12.0. The third-order valence-electron chi connectivity index (χ3n) is 2.84. The number of carbonyl (C=O) groups excluding carboxylic acids is 2. The highest BCUT2D eigenvalue weighted by Crippen LogP contribution is 2.05. The first-order valence-electron chi connectivity index (χ1n) is 6.96. The number of hydrogen-bond acceptors (Lipinski definition) is 3. The Hall–Kier alpha value is -2.95. The maximum atomic E-state index is 11.7. The van der Waals surface area contributed by atoms with Crippen molar-refractivity contribution in [2.45, 2.75) is 12.8 Å². The van der Waals surface area contributed by atoms with Crippen LogP contribution < -0.4 is 10.7 Å². The lowest BCUT2D eigenvalue weighted by Crippen LogP contribution is -2.20. The number of carbonyl (C=O) groups is 2. The molecule has 2 aromatic carbocycles. The van der Waals surface area contributed by atoms with Gasteiger partial charge in [0.25, 0.3) is 0 Å². The predicted molar refractivity (Wildman–Crippen MR) is 86.5 cm³/mol.